The maximum absolute atomic E-state index is 4.38. The minimum Gasteiger partial charge on any atom is -0.308 e. The van der Waals surface area contributed by atoms with E-state index in [4.69, 9.17) is 0 Å². The molecule has 0 amide bonds. The zero-order valence-corrected chi connectivity index (χ0v) is 11.4. The molecule has 0 aliphatic carbocycles. The van der Waals surface area contributed by atoms with Crippen LogP contribution in [0.5, 0.6) is 0 Å². The van der Waals surface area contributed by atoms with Crippen molar-refractivity contribution in [2.75, 3.05) is 0 Å². The van der Waals surface area contributed by atoms with Gasteiger partial charge in [0.2, 0.25) is 0 Å². The van der Waals surface area contributed by atoms with Gasteiger partial charge in [-0.25, -0.2) is 4.98 Å². The molecule has 84 valence electrons. The van der Waals surface area contributed by atoms with Gasteiger partial charge in [-0.3, -0.25) is 0 Å². The van der Waals surface area contributed by atoms with Crippen molar-refractivity contribution in [2.45, 2.75) is 40.3 Å². The normalized spacial score (nSPS) is 13.9. The van der Waals surface area contributed by atoms with Gasteiger partial charge in [-0.05, 0) is 40.4 Å². The van der Waals surface area contributed by atoms with Gasteiger partial charge in [0.15, 0.2) is 0 Å². The first kappa shape index (κ1) is 12.7. The van der Waals surface area contributed by atoms with E-state index in [0.717, 1.165) is 16.8 Å². The highest BCUT2D eigenvalue weighted by atomic mass is 79.9. The van der Waals surface area contributed by atoms with E-state index in [9.17, 15) is 0 Å². The fourth-order valence-electron chi connectivity index (χ4n) is 1.11. The Labute approximate surface area is 101 Å². The molecule has 1 rings (SSSR count). The summed E-state index contributed by atoms with van der Waals surface area (Å²) in [7, 11) is 0. The van der Waals surface area contributed by atoms with Gasteiger partial charge in [0, 0.05) is 12.6 Å². The van der Waals surface area contributed by atoms with Crippen LogP contribution in [0.3, 0.4) is 0 Å². The van der Waals surface area contributed by atoms with E-state index in [0.29, 0.717) is 6.04 Å². The Balaban J connectivity index is 2.51. The number of rotatable bonds is 3. The van der Waals surface area contributed by atoms with Gasteiger partial charge in [0.05, 0.1) is 5.69 Å². The lowest BCUT2D eigenvalue weighted by Crippen LogP contribution is -2.37. The van der Waals surface area contributed by atoms with Crippen LogP contribution in [0.15, 0.2) is 22.8 Å². The SMILES string of the molecule is CC(NCc1cccc(Br)n1)C(C)(C)C. The second-order valence-electron chi connectivity index (χ2n) is 4.92. The quantitative estimate of drug-likeness (QED) is 0.852. The monoisotopic (exact) mass is 270 g/mol. The molecule has 0 saturated heterocycles. The molecule has 0 radical (unpaired) electrons. The van der Waals surface area contributed by atoms with Crippen molar-refractivity contribution in [2.24, 2.45) is 5.41 Å². The van der Waals surface area contributed by atoms with Crippen molar-refractivity contribution in [3.63, 3.8) is 0 Å². The highest BCUT2D eigenvalue weighted by Gasteiger charge is 2.19. The van der Waals surface area contributed by atoms with Crippen LogP contribution >= 0.6 is 15.9 Å². The Bertz CT molecular complexity index is 318. The summed E-state index contributed by atoms with van der Waals surface area (Å²) in [6.45, 7) is 9.73. The van der Waals surface area contributed by atoms with Crippen LogP contribution in [0.25, 0.3) is 0 Å². The number of nitrogens with one attached hydrogen (secondary N) is 1. The Hall–Kier alpha value is -0.410. The first-order valence-corrected chi connectivity index (χ1v) is 6.04. The van der Waals surface area contributed by atoms with Gasteiger partial charge in [0.1, 0.15) is 4.60 Å². The third-order valence-corrected chi connectivity index (χ3v) is 3.10. The molecule has 1 atom stereocenters. The predicted molar refractivity (Wildman–Crippen MR) is 67.7 cm³/mol. The molecule has 0 fully saturated rings. The second-order valence-corrected chi connectivity index (χ2v) is 5.73. The van der Waals surface area contributed by atoms with Gasteiger partial charge in [0.25, 0.3) is 0 Å². The van der Waals surface area contributed by atoms with Crippen LogP contribution in [0, 0.1) is 5.41 Å². The lowest BCUT2D eigenvalue weighted by Gasteiger charge is -2.28. The summed E-state index contributed by atoms with van der Waals surface area (Å²) in [4.78, 5) is 4.38. The number of halogens is 1. The molecule has 1 aromatic heterocycles. The Morgan fingerprint density at radius 2 is 2.07 bits per heavy atom. The van der Waals surface area contributed by atoms with Crippen LogP contribution in [0.1, 0.15) is 33.4 Å². The van der Waals surface area contributed by atoms with Crippen molar-refractivity contribution in [1.29, 1.82) is 0 Å². The summed E-state index contributed by atoms with van der Waals surface area (Å²) >= 11 is 3.37. The molecule has 2 nitrogen and oxygen atoms in total. The molecule has 0 bridgehead atoms. The summed E-state index contributed by atoms with van der Waals surface area (Å²) in [5.74, 6) is 0. The maximum atomic E-state index is 4.38. The summed E-state index contributed by atoms with van der Waals surface area (Å²) < 4.78 is 0.894. The molecule has 1 unspecified atom stereocenters. The molecular formula is C12H19BrN2. The lowest BCUT2D eigenvalue weighted by molar-refractivity contribution is 0.284. The average molecular weight is 271 g/mol. The third kappa shape index (κ3) is 4.31. The minimum atomic E-state index is 0.284. The number of nitrogens with zero attached hydrogens (tertiary/aromatic N) is 1. The molecule has 0 aromatic carbocycles. The van der Waals surface area contributed by atoms with Gasteiger partial charge in [-0.15, -0.1) is 0 Å². The third-order valence-electron chi connectivity index (χ3n) is 2.66. The Morgan fingerprint density at radius 3 is 2.60 bits per heavy atom. The van der Waals surface area contributed by atoms with Crippen LogP contribution in [-0.2, 0) is 6.54 Å². The highest BCUT2D eigenvalue weighted by Crippen LogP contribution is 2.18. The maximum Gasteiger partial charge on any atom is 0.106 e. The number of pyridine rings is 1. The van der Waals surface area contributed by atoms with Gasteiger partial charge in [-0.2, -0.15) is 0 Å². The van der Waals surface area contributed by atoms with Crippen molar-refractivity contribution < 1.29 is 0 Å². The zero-order valence-electron chi connectivity index (χ0n) is 9.84. The first-order chi connectivity index (χ1) is 6.89. The van der Waals surface area contributed by atoms with Crippen LogP contribution in [-0.4, -0.2) is 11.0 Å². The molecule has 1 N–H and O–H groups in total. The molecule has 15 heavy (non-hydrogen) atoms. The summed E-state index contributed by atoms with van der Waals surface area (Å²) in [6.07, 6.45) is 0. The van der Waals surface area contributed by atoms with Crippen molar-refractivity contribution >= 4 is 15.9 Å². The molecule has 0 aliphatic heterocycles. The smallest absolute Gasteiger partial charge is 0.106 e. The highest BCUT2D eigenvalue weighted by molar-refractivity contribution is 9.10. The number of hydrogen-bond donors (Lipinski definition) is 1. The summed E-state index contributed by atoms with van der Waals surface area (Å²) in [6, 6.07) is 6.46. The Kier molecular flexibility index (Phi) is 4.29. The lowest BCUT2D eigenvalue weighted by atomic mass is 9.88. The summed E-state index contributed by atoms with van der Waals surface area (Å²) in [5.41, 5.74) is 1.35. The number of hydrogen-bond acceptors (Lipinski definition) is 2. The van der Waals surface area contributed by atoms with Crippen molar-refractivity contribution in [1.82, 2.24) is 10.3 Å². The van der Waals surface area contributed by atoms with Gasteiger partial charge >= 0.3 is 0 Å². The van der Waals surface area contributed by atoms with E-state index < -0.39 is 0 Å². The van der Waals surface area contributed by atoms with Crippen LogP contribution in [0.2, 0.25) is 0 Å². The van der Waals surface area contributed by atoms with Crippen molar-refractivity contribution in [3.8, 4) is 0 Å². The van der Waals surface area contributed by atoms with E-state index in [1.54, 1.807) is 0 Å². The zero-order chi connectivity index (χ0) is 11.5. The van der Waals surface area contributed by atoms with Gasteiger partial charge < -0.3 is 5.32 Å². The Morgan fingerprint density at radius 1 is 1.40 bits per heavy atom. The molecule has 0 aliphatic rings. The second kappa shape index (κ2) is 5.08. The molecular weight excluding hydrogens is 252 g/mol. The topological polar surface area (TPSA) is 24.9 Å². The molecule has 1 heterocycles. The van der Waals surface area contributed by atoms with E-state index in [2.05, 4.69) is 53.9 Å². The standard InChI is InChI=1S/C12H19BrN2/c1-9(12(2,3)4)14-8-10-6-5-7-11(13)15-10/h5-7,9,14H,8H2,1-4H3. The molecule has 0 saturated carbocycles. The van der Waals surface area contributed by atoms with E-state index in [1.165, 1.54) is 0 Å². The predicted octanol–water partition coefficient (Wildman–Crippen LogP) is 3.37. The minimum absolute atomic E-state index is 0.284. The fourth-order valence-corrected chi connectivity index (χ4v) is 1.49. The molecule has 0 spiro atoms. The molecule has 3 heteroatoms. The van der Waals surface area contributed by atoms with Gasteiger partial charge in [-0.1, -0.05) is 26.8 Å². The van der Waals surface area contributed by atoms with Crippen LogP contribution < -0.4 is 5.32 Å². The largest absolute Gasteiger partial charge is 0.308 e. The summed E-state index contributed by atoms with van der Waals surface area (Å²) in [5, 5.41) is 3.48. The molecule has 1 aromatic rings. The van der Waals surface area contributed by atoms with Crippen molar-refractivity contribution in [3.05, 3.63) is 28.5 Å². The fraction of sp³-hybridized carbons (Fsp3) is 0.583. The van der Waals surface area contributed by atoms with E-state index in [-0.39, 0.29) is 5.41 Å². The van der Waals surface area contributed by atoms with E-state index >= 15 is 0 Å². The number of aromatic nitrogens is 1. The van der Waals surface area contributed by atoms with Crippen LogP contribution in [0.4, 0.5) is 0 Å². The first-order valence-electron chi connectivity index (χ1n) is 5.24. The van der Waals surface area contributed by atoms with E-state index in [1.807, 2.05) is 18.2 Å². The average Bonchev–Trinajstić information content (AvgIpc) is 2.12.